The van der Waals surface area contributed by atoms with Crippen molar-refractivity contribution in [2.75, 3.05) is 5.32 Å². The zero-order chi connectivity index (χ0) is 13.0. The molecular weight excluding hydrogens is 289 g/mol. The first-order valence-corrected chi connectivity index (χ1v) is 6.76. The molecule has 0 atom stereocenters. The Bertz CT molecular complexity index is 579. The van der Waals surface area contributed by atoms with E-state index in [-0.39, 0.29) is 5.91 Å². The smallest absolute Gasteiger partial charge is 0.248 e. The first-order valence-electron chi connectivity index (χ1n) is 5.13. The van der Waals surface area contributed by atoms with Crippen molar-refractivity contribution in [2.45, 2.75) is 0 Å². The summed E-state index contributed by atoms with van der Waals surface area (Å²) in [5.41, 5.74) is 0.616. The molecule has 0 bridgehead atoms. The van der Waals surface area contributed by atoms with E-state index in [1.54, 1.807) is 35.6 Å². The van der Waals surface area contributed by atoms with Crippen LogP contribution < -0.4 is 5.32 Å². The van der Waals surface area contributed by atoms with Crippen LogP contribution in [0.3, 0.4) is 0 Å². The van der Waals surface area contributed by atoms with Crippen LogP contribution in [0.2, 0.25) is 10.0 Å². The minimum atomic E-state index is -0.207. The van der Waals surface area contributed by atoms with E-state index in [0.29, 0.717) is 15.7 Å². The summed E-state index contributed by atoms with van der Waals surface area (Å²) in [6.45, 7) is 0. The summed E-state index contributed by atoms with van der Waals surface area (Å²) >= 11 is 13.2. The summed E-state index contributed by atoms with van der Waals surface area (Å²) in [5.74, 6) is -0.207. The van der Waals surface area contributed by atoms with E-state index in [2.05, 4.69) is 5.32 Å². The highest BCUT2D eigenvalue weighted by molar-refractivity contribution is 7.10. The predicted octanol–water partition coefficient (Wildman–Crippen LogP) is 4.71. The number of nitrogens with one attached hydrogen (secondary N) is 1. The minimum absolute atomic E-state index is 0.207. The van der Waals surface area contributed by atoms with Gasteiger partial charge in [0, 0.05) is 16.6 Å². The number of amides is 1. The standard InChI is InChI=1S/C13H9Cl2NOS/c14-11-5-3-9(8-12(11)15)16-13(17)6-4-10-2-1-7-18-10/h1-8H,(H,16,17). The van der Waals surface area contributed by atoms with Gasteiger partial charge in [-0.15, -0.1) is 11.3 Å². The maximum absolute atomic E-state index is 11.6. The molecule has 1 heterocycles. The molecule has 2 aromatic rings. The molecule has 0 spiro atoms. The third-order valence-electron chi connectivity index (χ3n) is 2.13. The average molecular weight is 298 g/mol. The number of halogens is 2. The van der Waals surface area contributed by atoms with Crippen LogP contribution in [0.1, 0.15) is 4.88 Å². The lowest BCUT2D eigenvalue weighted by molar-refractivity contribution is -0.111. The van der Waals surface area contributed by atoms with Gasteiger partial charge in [-0.05, 0) is 35.7 Å². The number of hydrogen-bond donors (Lipinski definition) is 1. The van der Waals surface area contributed by atoms with Crippen molar-refractivity contribution >= 4 is 52.2 Å². The number of carbonyl (C=O) groups excluding carboxylic acids is 1. The van der Waals surface area contributed by atoms with Crippen LogP contribution in [0.25, 0.3) is 6.08 Å². The van der Waals surface area contributed by atoms with Crippen molar-refractivity contribution in [3.8, 4) is 0 Å². The van der Waals surface area contributed by atoms with Crippen LogP contribution in [0, 0.1) is 0 Å². The molecule has 2 rings (SSSR count). The van der Waals surface area contributed by atoms with Crippen molar-refractivity contribution in [3.05, 3.63) is 56.7 Å². The second kappa shape index (κ2) is 6.05. The van der Waals surface area contributed by atoms with Gasteiger partial charge in [-0.3, -0.25) is 4.79 Å². The van der Waals surface area contributed by atoms with Gasteiger partial charge in [0.05, 0.1) is 10.0 Å². The summed E-state index contributed by atoms with van der Waals surface area (Å²) in [5, 5.41) is 5.54. The van der Waals surface area contributed by atoms with Crippen LogP contribution in [0.5, 0.6) is 0 Å². The maximum atomic E-state index is 11.6. The average Bonchev–Trinajstić information content (AvgIpc) is 2.84. The van der Waals surface area contributed by atoms with Gasteiger partial charge in [0.15, 0.2) is 0 Å². The number of hydrogen-bond acceptors (Lipinski definition) is 2. The van der Waals surface area contributed by atoms with Gasteiger partial charge >= 0.3 is 0 Å². The molecule has 0 unspecified atom stereocenters. The van der Waals surface area contributed by atoms with E-state index < -0.39 is 0 Å². The molecule has 0 radical (unpaired) electrons. The lowest BCUT2D eigenvalue weighted by Crippen LogP contribution is -2.07. The monoisotopic (exact) mass is 297 g/mol. The second-order valence-corrected chi connectivity index (χ2v) is 5.26. The van der Waals surface area contributed by atoms with Crippen LogP contribution in [-0.4, -0.2) is 5.91 Å². The van der Waals surface area contributed by atoms with Crippen molar-refractivity contribution in [1.29, 1.82) is 0 Å². The molecule has 1 N–H and O–H groups in total. The fourth-order valence-corrected chi connectivity index (χ4v) is 2.22. The first-order chi connectivity index (χ1) is 8.65. The molecule has 1 aromatic carbocycles. The molecule has 5 heteroatoms. The lowest BCUT2D eigenvalue weighted by Gasteiger charge is -2.03. The van der Waals surface area contributed by atoms with Crippen LogP contribution in [0.4, 0.5) is 5.69 Å². The highest BCUT2D eigenvalue weighted by Crippen LogP contribution is 2.25. The van der Waals surface area contributed by atoms with Crippen molar-refractivity contribution in [3.63, 3.8) is 0 Å². The SMILES string of the molecule is O=C(C=Cc1cccs1)Nc1ccc(Cl)c(Cl)c1. The first kappa shape index (κ1) is 13.1. The molecule has 0 saturated carbocycles. The Kier molecular flexibility index (Phi) is 4.42. The summed E-state index contributed by atoms with van der Waals surface area (Å²) < 4.78 is 0. The van der Waals surface area contributed by atoms with E-state index in [1.807, 2.05) is 17.5 Å². The fourth-order valence-electron chi connectivity index (χ4n) is 1.30. The molecule has 92 valence electrons. The van der Waals surface area contributed by atoms with Gasteiger partial charge in [0.2, 0.25) is 5.91 Å². The molecule has 0 aliphatic heterocycles. The van der Waals surface area contributed by atoms with Crippen molar-refractivity contribution in [2.24, 2.45) is 0 Å². The second-order valence-electron chi connectivity index (χ2n) is 3.47. The molecule has 18 heavy (non-hydrogen) atoms. The summed E-state index contributed by atoms with van der Waals surface area (Å²) in [6.07, 6.45) is 3.24. The predicted molar refractivity (Wildman–Crippen MR) is 78.4 cm³/mol. The minimum Gasteiger partial charge on any atom is -0.322 e. The van der Waals surface area contributed by atoms with E-state index >= 15 is 0 Å². The highest BCUT2D eigenvalue weighted by Gasteiger charge is 2.01. The third-order valence-corrected chi connectivity index (χ3v) is 3.71. The Morgan fingerprint density at radius 3 is 2.72 bits per heavy atom. The molecule has 0 saturated heterocycles. The third kappa shape index (κ3) is 3.60. The Labute approximate surface area is 119 Å². The highest BCUT2D eigenvalue weighted by atomic mass is 35.5. The fraction of sp³-hybridized carbons (Fsp3) is 0. The molecule has 0 aliphatic rings. The van der Waals surface area contributed by atoms with Gasteiger partial charge in [-0.25, -0.2) is 0 Å². The van der Waals surface area contributed by atoms with E-state index in [0.717, 1.165) is 4.88 Å². The zero-order valence-corrected chi connectivity index (χ0v) is 11.5. The van der Waals surface area contributed by atoms with E-state index in [9.17, 15) is 4.79 Å². The van der Waals surface area contributed by atoms with Gasteiger partial charge in [0.1, 0.15) is 0 Å². The quantitative estimate of drug-likeness (QED) is 0.817. The molecule has 0 aliphatic carbocycles. The van der Waals surface area contributed by atoms with Crippen LogP contribution >= 0.6 is 34.5 Å². The largest absolute Gasteiger partial charge is 0.322 e. The number of rotatable bonds is 3. The molecule has 1 aromatic heterocycles. The Morgan fingerprint density at radius 2 is 2.06 bits per heavy atom. The zero-order valence-electron chi connectivity index (χ0n) is 9.19. The van der Waals surface area contributed by atoms with Crippen LogP contribution in [-0.2, 0) is 4.79 Å². The normalized spacial score (nSPS) is 10.8. The summed E-state index contributed by atoms with van der Waals surface area (Å²) in [4.78, 5) is 12.7. The number of anilines is 1. The number of carbonyl (C=O) groups is 1. The van der Waals surface area contributed by atoms with Gasteiger partial charge in [-0.2, -0.15) is 0 Å². The van der Waals surface area contributed by atoms with Gasteiger partial charge < -0.3 is 5.32 Å². The summed E-state index contributed by atoms with van der Waals surface area (Å²) in [6, 6.07) is 8.82. The van der Waals surface area contributed by atoms with Crippen LogP contribution in [0.15, 0.2) is 41.8 Å². The molecular formula is C13H9Cl2NOS. The molecule has 0 fully saturated rings. The van der Waals surface area contributed by atoms with E-state index in [4.69, 9.17) is 23.2 Å². The molecule has 1 amide bonds. The van der Waals surface area contributed by atoms with Gasteiger partial charge in [0.25, 0.3) is 0 Å². The number of thiophene rings is 1. The van der Waals surface area contributed by atoms with Crippen molar-refractivity contribution in [1.82, 2.24) is 0 Å². The Morgan fingerprint density at radius 1 is 1.22 bits per heavy atom. The number of benzene rings is 1. The topological polar surface area (TPSA) is 29.1 Å². The summed E-state index contributed by atoms with van der Waals surface area (Å²) in [7, 11) is 0. The maximum Gasteiger partial charge on any atom is 0.248 e. The van der Waals surface area contributed by atoms with Crippen molar-refractivity contribution < 1.29 is 4.79 Å². The van der Waals surface area contributed by atoms with Gasteiger partial charge in [-0.1, -0.05) is 29.3 Å². The lowest BCUT2D eigenvalue weighted by atomic mass is 10.3. The Hall–Kier alpha value is -1.29. The Balaban J connectivity index is 2.01. The molecule has 2 nitrogen and oxygen atoms in total. The van der Waals surface area contributed by atoms with E-state index in [1.165, 1.54) is 6.08 Å².